The highest BCUT2D eigenvalue weighted by Crippen LogP contribution is 2.17. The van der Waals surface area contributed by atoms with Crippen LogP contribution in [0.15, 0.2) is 0 Å². The fourth-order valence-corrected chi connectivity index (χ4v) is 2.01. The molecule has 0 aromatic rings. The average Bonchev–Trinajstić information content (AvgIpc) is 2.88. The van der Waals surface area contributed by atoms with E-state index in [0.29, 0.717) is 6.42 Å². The third-order valence-electron chi connectivity index (χ3n) is 3.53. The number of hydrogen-bond acceptors (Lipinski definition) is 4. The number of amides is 2. The second-order valence-electron chi connectivity index (χ2n) is 4.96. The van der Waals surface area contributed by atoms with Crippen LogP contribution in [0.4, 0.5) is 4.79 Å². The molecule has 18 heavy (non-hydrogen) atoms. The van der Waals surface area contributed by atoms with Gasteiger partial charge in [0.15, 0.2) is 0 Å². The summed E-state index contributed by atoms with van der Waals surface area (Å²) in [4.78, 5) is 25.5. The molecule has 1 aliphatic rings. The maximum Gasteiger partial charge on any atom is 0.407 e. The van der Waals surface area contributed by atoms with E-state index in [1.54, 1.807) is 11.8 Å². The Morgan fingerprint density at radius 1 is 1.44 bits per heavy atom. The molecule has 1 heterocycles. The number of rotatable bonds is 4. The molecule has 6 heteroatoms. The Labute approximate surface area is 108 Å². The number of methoxy groups -OCH3 is 1. The monoisotopic (exact) mass is 257 g/mol. The second kappa shape index (κ2) is 6.04. The van der Waals surface area contributed by atoms with E-state index in [4.69, 9.17) is 5.73 Å². The lowest BCUT2D eigenvalue weighted by molar-refractivity contribution is -0.133. The molecule has 6 nitrogen and oxygen atoms in total. The smallest absolute Gasteiger partial charge is 0.407 e. The molecule has 0 aromatic carbocycles. The van der Waals surface area contributed by atoms with E-state index in [-0.39, 0.29) is 5.91 Å². The van der Waals surface area contributed by atoms with Crippen LogP contribution in [0.25, 0.3) is 0 Å². The molecule has 1 aliphatic heterocycles. The zero-order chi connectivity index (χ0) is 13.8. The van der Waals surface area contributed by atoms with Crippen LogP contribution >= 0.6 is 0 Å². The molecule has 3 N–H and O–H groups in total. The van der Waals surface area contributed by atoms with Gasteiger partial charge in [-0.25, -0.2) is 4.79 Å². The van der Waals surface area contributed by atoms with Crippen LogP contribution in [0.3, 0.4) is 0 Å². The molecular formula is C12H23N3O3. The lowest BCUT2D eigenvalue weighted by Crippen LogP contribution is -2.63. The van der Waals surface area contributed by atoms with Crippen LogP contribution in [0.1, 0.15) is 33.1 Å². The highest BCUT2D eigenvalue weighted by Gasteiger charge is 2.39. The highest BCUT2D eigenvalue weighted by atomic mass is 16.5. The van der Waals surface area contributed by atoms with Crippen molar-refractivity contribution in [2.45, 2.75) is 44.7 Å². The van der Waals surface area contributed by atoms with Gasteiger partial charge in [0.25, 0.3) is 0 Å². The summed E-state index contributed by atoms with van der Waals surface area (Å²) in [6.45, 7) is 5.13. The topological polar surface area (TPSA) is 84.7 Å². The van der Waals surface area contributed by atoms with Gasteiger partial charge in [-0.3, -0.25) is 4.79 Å². The van der Waals surface area contributed by atoms with Crippen molar-refractivity contribution in [2.24, 2.45) is 5.73 Å². The van der Waals surface area contributed by atoms with Gasteiger partial charge in [-0.1, -0.05) is 6.92 Å². The molecule has 0 aliphatic carbocycles. The van der Waals surface area contributed by atoms with E-state index in [9.17, 15) is 9.59 Å². The van der Waals surface area contributed by atoms with Crippen LogP contribution in [-0.2, 0) is 9.53 Å². The summed E-state index contributed by atoms with van der Waals surface area (Å²) in [5.41, 5.74) is 5.33. The van der Waals surface area contributed by atoms with Gasteiger partial charge in [0.1, 0.15) is 6.04 Å². The van der Waals surface area contributed by atoms with Gasteiger partial charge in [-0.15, -0.1) is 0 Å². The van der Waals surface area contributed by atoms with Crippen molar-refractivity contribution in [3.63, 3.8) is 0 Å². The highest BCUT2D eigenvalue weighted by molar-refractivity contribution is 5.87. The Balaban J connectivity index is 2.82. The number of likely N-dealkylation sites (tertiary alicyclic amines) is 1. The van der Waals surface area contributed by atoms with Crippen molar-refractivity contribution in [1.82, 2.24) is 10.2 Å². The third kappa shape index (κ3) is 3.35. The molecule has 1 fully saturated rings. The number of nitrogens with zero attached hydrogens (tertiary/aromatic N) is 1. The Bertz CT molecular complexity index is 312. The van der Waals surface area contributed by atoms with Crippen molar-refractivity contribution in [2.75, 3.05) is 20.2 Å². The normalized spacial score (nSPS) is 20.1. The standard InChI is InChI=1S/C12H23N3O3/c1-4-12(2,13)9(14-11(17)18-3)10(16)15-7-5-6-8-15/h9H,4-8,13H2,1-3H3,(H,14,17)/t9?,12-/m0/s1. The first kappa shape index (κ1) is 14.8. The Kier molecular flexibility index (Phi) is 4.95. The van der Waals surface area contributed by atoms with Gasteiger partial charge in [-0.2, -0.15) is 0 Å². The first-order valence-corrected chi connectivity index (χ1v) is 6.34. The summed E-state index contributed by atoms with van der Waals surface area (Å²) in [7, 11) is 1.27. The summed E-state index contributed by atoms with van der Waals surface area (Å²) in [6.07, 6.45) is 1.97. The first-order valence-electron chi connectivity index (χ1n) is 6.34. The molecule has 0 radical (unpaired) electrons. The lowest BCUT2D eigenvalue weighted by atomic mass is 9.89. The molecule has 1 rings (SSSR count). The molecule has 2 amide bonds. The minimum absolute atomic E-state index is 0.121. The second-order valence-corrected chi connectivity index (χ2v) is 4.96. The lowest BCUT2D eigenvalue weighted by Gasteiger charge is -2.34. The minimum Gasteiger partial charge on any atom is -0.453 e. The summed E-state index contributed by atoms with van der Waals surface area (Å²) in [5.74, 6) is -0.121. The number of carbonyl (C=O) groups excluding carboxylic acids is 2. The summed E-state index contributed by atoms with van der Waals surface area (Å²) >= 11 is 0. The summed E-state index contributed by atoms with van der Waals surface area (Å²) in [5, 5.41) is 2.56. The van der Waals surface area contributed by atoms with Crippen LogP contribution < -0.4 is 11.1 Å². The molecule has 0 saturated carbocycles. The SMILES string of the molecule is CC[C@](C)(N)C(NC(=O)OC)C(=O)N1CCCC1. The number of nitrogens with one attached hydrogen (secondary N) is 1. The number of carbonyl (C=O) groups is 2. The Hall–Kier alpha value is -1.30. The maximum atomic E-state index is 12.4. The zero-order valence-corrected chi connectivity index (χ0v) is 11.4. The van der Waals surface area contributed by atoms with E-state index in [0.717, 1.165) is 25.9 Å². The maximum absolute atomic E-state index is 12.4. The zero-order valence-electron chi connectivity index (χ0n) is 11.4. The molecule has 0 spiro atoms. The van der Waals surface area contributed by atoms with Gasteiger partial charge in [0.2, 0.25) is 5.91 Å². The van der Waals surface area contributed by atoms with E-state index < -0.39 is 17.7 Å². The predicted octanol–water partition coefficient (Wildman–Crippen LogP) is 0.461. The third-order valence-corrected chi connectivity index (χ3v) is 3.53. The largest absolute Gasteiger partial charge is 0.453 e. The molecule has 0 aromatic heterocycles. The number of nitrogens with two attached hydrogens (primary N) is 1. The van der Waals surface area contributed by atoms with Crippen LogP contribution in [0.5, 0.6) is 0 Å². The van der Waals surface area contributed by atoms with E-state index in [2.05, 4.69) is 10.1 Å². The molecule has 104 valence electrons. The molecule has 0 bridgehead atoms. The Morgan fingerprint density at radius 3 is 2.44 bits per heavy atom. The first-order chi connectivity index (χ1) is 8.42. The molecule has 2 atom stereocenters. The van der Waals surface area contributed by atoms with Crippen molar-refractivity contribution >= 4 is 12.0 Å². The van der Waals surface area contributed by atoms with Crippen molar-refractivity contribution < 1.29 is 14.3 Å². The van der Waals surface area contributed by atoms with Crippen LogP contribution in [0.2, 0.25) is 0 Å². The van der Waals surface area contributed by atoms with E-state index in [1.165, 1.54) is 7.11 Å². The number of hydrogen-bond donors (Lipinski definition) is 2. The Morgan fingerprint density at radius 2 is 2.00 bits per heavy atom. The average molecular weight is 257 g/mol. The molecule has 1 unspecified atom stereocenters. The van der Waals surface area contributed by atoms with E-state index in [1.807, 2.05) is 6.92 Å². The number of ether oxygens (including phenoxy) is 1. The van der Waals surface area contributed by atoms with Gasteiger partial charge < -0.3 is 20.7 Å². The number of alkyl carbamates (subject to hydrolysis) is 1. The van der Waals surface area contributed by atoms with Gasteiger partial charge >= 0.3 is 6.09 Å². The fourth-order valence-electron chi connectivity index (χ4n) is 2.01. The quantitative estimate of drug-likeness (QED) is 0.766. The van der Waals surface area contributed by atoms with Crippen LogP contribution in [-0.4, -0.2) is 48.7 Å². The van der Waals surface area contributed by atoms with Crippen LogP contribution in [0, 0.1) is 0 Å². The summed E-state index contributed by atoms with van der Waals surface area (Å²) < 4.78 is 4.56. The van der Waals surface area contributed by atoms with E-state index >= 15 is 0 Å². The minimum atomic E-state index is -0.784. The molecule has 1 saturated heterocycles. The van der Waals surface area contributed by atoms with Gasteiger partial charge in [0, 0.05) is 18.6 Å². The molecular weight excluding hydrogens is 234 g/mol. The van der Waals surface area contributed by atoms with Gasteiger partial charge in [0.05, 0.1) is 7.11 Å². The summed E-state index contributed by atoms with van der Waals surface area (Å²) in [6, 6.07) is -0.743. The fraction of sp³-hybridized carbons (Fsp3) is 0.833. The van der Waals surface area contributed by atoms with Crippen molar-refractivity contribution in [3.05, 3.63) is 0 Å². The predicted molar refractivity (Wildman–Crippen MR) is 68.0 cm³/mol. The van der Waals surface area contributed by atoms with Gasteiger partial charge in [-0.05, 0) is 26.2 Å². The van der Waals surface area contributed by atoms with Crippen molar-refractivity contribution in [1.29, 1.82) is 0 Å². The van der Waals surface area contributed by atoms with Crippen molar-refractivity contribution in [3.8, 4) is 0 Å².